The van der Waals surface area contributed by atoms with Gasteiger partial charge in [-0.3, -0.25) is 5.01 Å². The lowest BCUT2D eigenvalue weighted by molar-refractivity contribution is 0.292. The standard InChI is InChI=1S/C7H16N2O/c1-3-5-6-7-9(4-2)8-10/h3-7H2,1-2H3. The summed E-state index contributed by atoms with van der Waals surface area (Å²) < 4.78 is 0. The Hall–Kier alpha value is -0.600. The average molecular weight is 144 g/mol. The largest absolute Gasteiger partial charge is 0.261 e. The maximum absolute atomic E-state index is 10.0. The summed E-state index contributed by atoms with van der Waals surface area (Å²) >= 11 is 0. The first kappa shape index (κ1) is 9.40. The summed E-state index contributed by atoms with van der Waals surface area (Å²) in [6, 6.07) is 0. The smallest absolute Gasteiger partial charge is 0.0523 e. The van der Waals surface area contributed by atoms with Crippen molar-refractivity contribution in [2.24, 2.45) is 5.29 Å². The number of hydrogen-bond donors (Lipinski definition) is 0. The van der Waals surface area contributed by atoms with E-state index < -0.39 is 0 Å². The summed E-state index contributed by atoms with van der Waals surface area (Å²) in [5.74, 6) is 0. The minimum Gasteiger partial charge on any atom is -0.261 e. The van der Waals surface area contributed by atoms with E-state index in [9.17, 15) is 4.91 Å². The SMILES string of the molecule is CCCCCN(CC)N=O. The normalized spacial score (nSPS) is 9.40. The summed E-state index contributed by atoms with van der Waals surface area (Å²) in [7, 11) is 0. The second kappa shape index (κ2) is 6.52. The number of nitroso groups, excluding NO2 is 1. The van der Waals surface area contributed by atoms with Crippen LogP contribution in [0.2, 0.25) is 0 Å². The highest BCUT2D eigenvalue weighted by molar-refractivity contribution is 4.47. The molecule has 0 aliphatic heterocycles. The van der Waals surface area contributed by atoms with Crippen molar-refractivity contribution in [1.82, 2.24) is 5.01 Å². The van der Waals surface area contributed by atoms with Crippen LogP contribution < -0.4 is 0 Å². The molecule has 0 N–H and O–H groups in total. The van der Waals surface area contributed by atoms with Gasteiger partial charge < -0.3 is 0 Å². The van der Waals surface area contributed by atoms with Crippen molar-refractivity contribution in [1.29, 1.82) is 0 Å². The van der Waals surface area contributed by atoms with Crippen molar-refractivity contribution >= 4 is 0 Å². The fourth-order valence-electron chi connectivity index (χ4n) is 0.801. The van der Waals surface area contributed by atoms with E-state index in [4.69, 9.17) is 0 Å². The van der Waals surface area contributed by atoms with E-state index in [0.29, 0.717) is 0 Å². The first-order valence-electron chi connectivity index (χ1n) is 3.93. The molecule has 0 spiro atoms. The zero-order valence-corrected chi connectivity index (χ0v) is 6.84. The minimum atomic E-state index is 0.729. The second-order valence-corrected chi connectivity index (χ2v) is 2.34. The predicted molar refractivity (Wildman–Crippen MR) is 42.6 cm³/mol. The van der Waals surface area contributed by atoms with Crippen LogP contribution in [0.5, 0.6) is 0 Å². The molecular weight excluding hydrogens is 128 g/mol. The van der Waals surface area contributed by atoms with Crippen molar-refractivity contribution < 1.29 is 0 Å². The van der Waals surface area contributed by atoms with Gasteiger partial charge in [0, 0.05) is 13.1 Å². The van der Waals surface area contributed by atoms with Gasteiger partial charge in [-0.1, -0.05) is 19.8 Å². The maximum atomic E-state index is 10.0. The highest BCUT2D eigenvalue weighted by Crippen LogP contribution is 1.97. The van der Waals surface area contributed by atoms with Crippen LogP contribution >= 0.6 is 0 Å². The Morgan fingerprint density at radius 3 is 2.40 bits per heavy atom. The van der Waals surface area contributed by atoms with Gasteiger partial charge >= 0.3 is 0 Å². The third-order valence-electron chi connectivity index (χ3n) is 1.50. The van der Waals surface area contributed by atoms with E-state index in [0.717, 1.165) is 19.5 Å². The zero-order chi connectivity index (χ0) is 7.82. The van der Waals surface area contributed by atoms with E-state index in [1.807, 2.05) is 6.92 Å². The molecule has 0 aromatic rings. The van der Waals surface area contributed by atoms with Crippen molar-refractivity contribution in [2.45, 2.75) is 33.1 Å². The summed E-state index contributed by atoms with van der Waals surface area (Å²) in [5.41, 5.74) is 0. The van der Waals surface area contributed by atoms with Crippen LogP contribution in [0.3, 0.4) is 0 Å². The summed E-state index contributed by atoms with van der Waals surface area (Å²) in [4.78, 5) is 10.0. The highest BCUT2D eigenvalue weighted by Gasteiger charge is 1.96. The topological polar surface area (TPSA) is 32.7 Å². The van der Waals surface area contributed by atoms with Crippen LogP contribution in [-0.2, 0) is 0 Å². The molecule has 0 aliphatic carbocycles. The lowest BCUT2D eigenvalue weighted by Gasteiger charge is -2.10. The predicted octanol–water partition coefficient (Wildman–Crippen LogP) is 2.18. The Morgan fingerprint density at radius 2 is 2.00 bits per heavy atom. The Balaban J connectivity index is 3.17. The quantitative estimate of drug-likeness (QED) is 0.325. The highest BCUT2D eigenvalue weighted by atomic mass is 16.3. The zero-order valence-electron chi connectivity index (χ0n) is 6.84. The molecule has 0 aromatic heterocycles. The number of rotatable bonds is 6. The van der Waals surface area contributed by atoms with Gasteiger partial charge in [-0.2, -0.15) is 0 Å². The average Bonchev–Trinajstić information content (AvgIpc) is 1.99. The van der Waals surface area contributed by atoms with Crippen molar-refractivity contribution in [3.8, 4) is 0 Å². The van der Waals surface area contributed by atoms with Gasteiger partial charge in [0.25, 0.3) is 0 Å². The van der Waals surface area contributed by atoms with Crippen molar-refractivity contribution in [3.63, 3.8) is 0 Å². The molecule has 0 aromatic carbocycles. The number of unbranched alkanes of at least 4 members (excludes halogenated alkanes) is 2. The second-order valence-electron chi connectivity index (χ2n) is 2.34. The summed E-state index contributed by atoms with van der Waals surface area (Å²) in [6.07, 6.45) is 3.46. The van der Waals surface area contributed by atoms with E-state index in [1.54, 1.807) is 5.01 Å². The van der Waals surface area contributed by atoms with Crippen molar-refractivity contribution in [2.75, 3.05) is 13.1 Å². The van der Waals surface area contributed by atoms with Crippen LogP contribution in [0.1, 0.15) is 33.1 Å². The molecule has 0 bridgehead atoms. The number of hydrogen-bond acceptors (Lipinski definition) is 2. The molecule has 0 unspecified atom stereocenters. The molecule has 0 fully saturated rings. The third kappa shape index (κ3) is 4.30. The van der Waals surface area contributed by atoms with E-state index in [1.165, 1.54) is 12.8 Å². The molecule has 0 amide bonds. The van der Waals surface area contributed by atoms with Crippen LogP contribution in [0, 0.1) is 4.91 Å². The molecular formula is C7H16N2O. The first-order chi connectivity index (χ1) is 4.85. The van der Waals surface area contributed by atoms with Gasteiger partial charge in [0.1, 0.15) is 0 Å². The molecule has 0 saturated heterocycles. The first-order valence-corrected chi connectivity index (χ1v) is 3.93. The van der Waals surface area contributed by atoms with Gasteiger partial charge in [0.2, 0.25) is 0 Å². The van der Waals surface area contributed by atoms with Crippen molar-refractivity contribution in [3.05, 3.63) is 4.91 Å². The van der Waals surface area contributed by atoms with Crippen LogP contribution in [0.4, 0.5) is 0 Å². The monoisotopic (exact) mass is 144 g/mol. The van der Waals surface area contributed by atoms with E-state index in [2.05, 4.69) is 12.2 Å². The fraction of sp³-hybridized carbons (Fsp3) is 1.00. The van der Waals surface area contributed by atoms with Gasteiger partial charge in [0.15, 0.2) is 0 Å². The van der Waals surface area contributed by atoms with E-state index in [-0.39, 0.29) is 0 Å². The Bertz CT molecular complexity index is 85.7. The maximum Gasteiger partial charge on any atom is 0.0523 e. The van der Waals surface area contributed by atoms with Gasteiger partial charge in [-0.15, -0.1) is 4.91 Å². The van der Waals surface area contributed by atoms with Gasteiger partial charge in [-0.25, -0.2) is 0 Å². The molecule has 0 radical (unpaired) electrons. The molecule has 0 saturated carbocycles. The lowest BCUT2D eigenvalue weighted by atomic mass is 10.2. The molecule has 0 heterocycles. The summed E-state index contributed by atoms with van der Waals surface area (Å²) in [5, 5.41) is 4.41. The fourth-order valence-corrected chi connectivity index (χ4v) is 0.801. The lowest BCUT2D eigenvalue weighted by Crippen LogP contribution is -2.16. The molecule has 3 nitrogen and oxygen atoms in total. The van der Waals surface area contributed by atoms with Crippen LogP contribution in [0.15, 0.2) is 5.29 Å². The van der Waals surface area contributed by atoms with E-state index >= 15 is 0 Å². The molecule has 0 rings (SSSR count). The third-order valence-corrected chi connectivity index (χ3v) is 1.50. The molecule has 0 atom stereocenters. The van der Waals surface area contributed by atoms with Gasteiger partial charge in [0.05, 0.1) is 5.29 Å². The molecule has 60 valence electrons. The molecule has 0 aliphatic rings. The number of nitrogens with zero attached hydrogens (tertiary/aromatic N) is 2. The Kier molecular flexibility index (Phi) is 6.13. The molecule has 3 heteroatoms. The minimum absolute atomic E-state index is 0.729. The molecule has 10 heavy (non-hydrogen) atoms. The van der Waals surface area contributed by atoms with Crippen LogP contribution in [0.25, 0.3) is 0 Å². The summed E-state index contributed by atoms with van der Waals surface area (Å²) in [6.45, 7) is 5.62. The van der Waals surface area contributed by atoms with Gasteiger partial charge in [-0.05, 0) is 13.3 Å². The van der Waals surface area contributed by atoms with Crippen LogP contribution in [-0.4, -0.2) is 18.1 Å². The Labute approximate surface area is 62.4 Å². The Morgan fingerprint density at radius 1 is 1.30 bits per heavy atom.